The van der Waals surface area contributed by atoms with Crippen LogP contribution in [-0.2, 0) is 0 Å². The number of tetrazole rings is 1. The summed E-state index contributed by atoms with van der Waals surface area (Å²) in [7, 11) is 0. The Hall–Kier alpha value is -1.50. The fourth-order valence-corrected chi connectivity index (χ4v) is 1.03. The maximum absolute atomic E-state index is 11.3. The monoisotopic (exact) mass is 183 g/mol. The van der Waals surface area contributed by atoms with Gasteiger partial charge in [0.15, 0.2) is 0 Å². The van der Waals surface area contributed by atoms with Crippen LogP contribution in [0.2, 0.25) is 0 Å². The van der Waals surface area contributed by atoms with E-state index in [4.69, 9.17) is 5.11 Å². The van der Waals surface area contributed by atoms with Crippen LogP contribution >= 0.6 is 0 Å². The largest absolute Gasteiger partial charge is 0.394 e. The van der Waals surface area contributed by atoms with Gasteiger partial charge in [-0.15, -0.1) is 10.2 Å². The average Bonchev–Trinajstić information content (AvgIpc) is 2.69. The molecule has 7 heteroatoms. The maximum Gasteiger partial charge on any atom is 0.293 e. The van der Waals surface area contributed by atoms with E-state index in [1.54, 1.807) is 0 Å². The van der Waals surface area contributed by atoms with E-state index in [2.05, 4.69) is 25.9 Å². The Kier molecular flexibility index (Phi) is 1.73. The number of rotatable bonds is 3. The Bertz CT molecular complexity index is 305. The number of H-pyrrole nitrogens is 1. The SMILES string of the molecule is O=C(NC1(CO)CC1)c1nn[nH]n1. The number of aromatic nitrogens is 4. The molecule has 1 fully saturated rings. The zero-order valence-corrected chi connectivity index (χ0v) is 6.82. The van der Waals surface area contributed by atoms with Crippen LogP contribution in [0.4, 0.5) is 0 Å². The van der Waals surface area contributed by atoms with Gasteiger partial charge in [0.1, 0.15) is 0 Å². The molecule has 2 rings (SSSR count). The van der Waals surface area contributed by atoms with Crippen LogP contribution < -0.4 is 5.32 Å². The van der Waals surface area contributed by atoms with Gasteiger partial charge >= 0.3 is 0 Å². The fraction of sp³-hybridized carbons (Fsp3) is 0.667. The van der Waals surface area contributed by atoms with Crippen molar-refractivity contribution in [3.8, 4) is 0 Å². The van der Waals surface area contributed by atoms with Crippen LogP contribution in [0.15, 0.2) is 0 Å². The standard InChI is InChI=1S/C6H9N5O2/c12-3-6(1-2-6)7-5(13)4-8-10-11-9-4/h12H,1-3H2,(H,7,13)(H,8,9,10,11). The highest BCUT2D eigenvalue weighted by Crippen LogP contribution is 2.34. The van der Waals surface area contributed by atoms with Gasteiger partial charge in [-0.3, -0.25) is 4.79 Å². The van der Waals surface area contributed by atoms with Gasteiger partial charge in [-0.1, -0.05) is 0 Å². The predicted octanol–water partition coefficient (Wildman–Crippen LogP) is -1.55. The Labute approximate surface area is 73.5 Å². The minimum absolute atomic E-state index is 0.000255. The van der Waals surface area contributed by atoms with Crippen molar-refractivity contribution in [2.24, 2.45) is 0 Å². The van der Waals surface area contributed by atoms with Crippen molar-refractivity contribution in [1.29, 1.82) is 0 Å². The number of hydrogen-bond acceptors (Lipinski definition) is 5. The third-order valence-corrected chi connectivity index (χ3v) is 2.08. The van der Waals surface area contributed by atoms with E-state index in [0.717, 1.165) is 12.8 Å². The third-order valence-electron chi connectivity index (χ3n) is 2.08. The van der Waals surface area contributed by atoms with Crippen molar-refractivity contribution in [3.63, 3.8) is 0 Å². The lowest BCUT2D eigenvalue weighted by atomic mass is 10.3. The van der Waals surface area contributed by atoms with E-state index in [9.17, 15) is 4.79 Å². The van der Waals surface area contributed by atoms with Gasteiger partial charge in [0, 0.05) is 0 Å². The molecule has 0 atom stereocenters. The number of aliphatic hydroxyl groups excluding tert-OH is 1. The summed E-state index contributed by atoms with van der Waals surface area (Å²) in [6, 6.07) is 0. The van der Waals surface area contributed by atoms with Crippen LogP contribution in [0.25, 0.3) is 0 Å². The second-order valence-electron chi connectivity index (χ2n) is 3.13. The molecule has 0 unspecified atom stereocenters. The number of amides is 1. The first-order valence-electron chi connectivity index (χ1n) is 3.93. The van der Waals surface area contributed by atoms with Gasteiger partial charge in [0.05, 0.1) is 12.1 Å². The lowest BCUT2D eigenvalue weighted by Gasteiger charge is -2.11. The molecule has 13 heavy (non-hydrogen) atoms. The molecule has 0 bridgehead atoms. The molecular formula is C6H9N5O2. The second kappa shape index (κ2) is 2.77. The summed E-state index contributed by atoms with van der Waals surface area (Å²) in [4.78, 5) is 11.3. The summed E-state index contributed by atoms with van der Waals surface area (Å²) in [5.41, 5.74) is -0.433. The van der Waals surface area contributed by atoms with Crippen LogP contribution in [-0.4, -0.2) is 43.8 Å². The zero-order chi connectivity index (χ0) is 9.31. The molecule has 0 radical (unpaired) electrons. The lowest BCUT2D eigenvalue weighted by Crippen LogP contribution is -2.40. The van der Waals surface area contributed by atoms with Crippen molar-refractivity contribution in [2.75, 3.05) is 6.61 Å². The molecule has 70 valence electrons. The van der Waals surface area contributed by atoms with E-state index in [1.165, 1.54) is 0 Å². The Morgan fingerprint density at radius 2 is 2.46 bits per heavy atom. The molecule has 0 spiro atoms. The minimum Gasteiger partial charge on any atom is -0.394 e. The molecule has 1 amide bonds. The molecule has 0 saturated heterocycles. The van der Waals surface area contributed by atoms with Crippen LogP contribution in [0.5, 0.6) is 0 Å². The van der Waals surface area contributed by atoms with Gasteiger partial charge < -0.3 is 10.4 Å². The molecule has 0 aromatic carbocycles. The molecule has 3 N–H and O–H groups in total. The number of carbonyl (C=O) groups excluding carboxylic acids is 1. The highest BCUT2D eigenvalue weighted by Gasteiger charge is 2.44. The van der Waals surface area contributed by atoms with E-state index in [1.807, 2.05) is 0 Å². The maximum atomic E-state index is 11.3. The lowest BCUT2D eigenvalue weighted by molar-refractivity contribution is 0.0896. The molecular weight excluding hydrogens is 174 g/mol. The van der Waals surface area contributed by atoms with Gasteiger partial charge in [-0.25, -0.2) is 0 Å². The number of aromatic amines is 1. The summed E-state index contributed by atoms with van der Waals surface area (Å²) in [5, 5.41) is 24.1. The first-order chi connectivity index (χ1) is 6.26. The first kappa shape index (κ1) is 8.11. The highest BCUT2D eigenvalue weighted by molar-refractivity contribution is 5.90. The molecule has 7 nitrogen and oxygen atoms in total. The number of nitrogens with zero attached hydrogens (tertiary/aromatic N) is 3. The normalized spacial score (nSPS) is 18.2. The Morgan fingerprint density at radius 3 is 2.92 bits per heavy atom. The third kappa shape index (κ3) is 1.50. The van der Waals surface area contributed by atoms with Crippen molar-refractivity contribution in [1.82, 2.24) is 25.9 Å². The average molecular weight is 183 g/mol. The second-order valence-corrected chi connectivity index (χ2v) is 3.13. The topological polar surface area (TPSA) is 104 Å². The smallest absolute Gasteiger partial charge is 0.293 e. The van der Waals surface area contributed by atoms with Gasteiger partial charge in [-0.05, 0) is 18.1 Å². The Balaban J connectivity index is 2.00. The number of carbonyl (C=O) groups is 1. The van der Waals surface area contributed by atoms with Crippen LogP contribution in [0, 0.1) is 0 Å². The van der Waals surface area contributed by atoms with Crippen LogP contribution in [0.1, 0.15) is 23.5 Å². The number of aliphatic hydroxyl groups is 1. The molecule has 1 aromatic heterocycles. The van der Waals surface area contributed by atoms with Crippen molar-refractivity contribution >= 4 is 5.91 Å². The van der Waals surface area contributed by atoms with E-state index < -0.39 is 11.4 Å². The summed E-state index contributed by atoms with van der Waals surface area (Å²) in [5.74, 6) is -0.403. The number of hydrogen-bond donors (Lipinski definition) is 3. The summed E-state index contributed by atoms with van der Waals surface area (Å²) in [6.45, 7) is -0.0450. The van der Waals surface area contributed by atoms with E-state index >= 15 is 0 Å². The van der Waals surface area contributed by atoms with Crippen LogP contribution in [0.3, 0.4) is 0 Å². The van der Waals surface area contributed by atoms with Gasteiger partial charge in [-0.2, -0.15) is 5.21 Å². The predicted molar refractivity (Wildman–Crippen MR) is 40.7 cm³/mol. The number of nitrogens with one attached hydrogen (secondary N) is 2. The van der Waals surface area contributed by atoms with Crippen molar-refractivity contribution in [2.45, 2.75) is 18.4 Å². The summed E-state index contributed by atoms with van der Waals surface area (Å²) in [6.07, 6.45) is 1.60. The highest BCUT2D eigenvalue weighted by atomic mass is 16.3. The van der Waals surface area contributed by atoms with E-state index in [0.29, 0.717) is 0 Å². The molecule has 0 aliphatic heterocycles. The van der Waals surface area contributed by atoms with Crippen molar-refractivity contribution < 1.29 is 9.90 Å². The summed E-state index contributed by atoms with van der Waals surface area (Å²) >= 11 is 0. The van der Waals surface area contributed by atoms with Gasteiger partial charge in [0.25, 0.3) is 11.7 Å². The first-order valence-corrected chi connectivity index (χ1v) is 3.93. The molecule has 1 aliphatic carbocycles. The quantitative estimate of drug-likeness (QED) is 0.526. The molecule has 1 aliphatic rings. The minimum atomic E-state index is -0.433. The molecule has 1 saturated carbocycles. The summed E-state index contributed by atoms with van der Waals surface area (Å²) < 4.78 is 0. The van der Waals surface area contributed by atoms with Crippen molar-refractivity contribution in [3.05, 3.63) is 5.82 Å². The Morgan fingerprint density at radius 1 is 1.69 bits per heavy atom. The van der Waals surface area contributed by atoms with Gasteiger partial charge in [0.2, 0.25) is 0 Å². The zero-order valence-electron chi connectivity index (χ0n) is 6.82. The molecule has 1 aromatic rings. The fourth-order valence-electron chi connectivity index (χ4n) is 1.03. The molecule has 1 heterocycles. The van der Waals surface area contributed by atoms with E-state index in [-0.39, 0.29) is 12.4 Å².